The van der Waals surface area contributed by atoms with E-state index in [-0.39, 0.29) is 0 Å². The molecule has 92 valence electrons. The first-order valence-electron chi connectivity index (χ1n) is 5.29. The van der Waals surface area contributed by atoms with E-state index >= 15 is 0 Å². The summed E-state index contributed by atoms with van der Waals surface area (Å²) in [6, 6.07) is 5.52. The van der Waals surface area contributed by atoms with Crippen molar-refractivity contribution in [3.63, 3.8) is 0 Å². The van der Waals surface area contributed by atoms with Crippen LogP contribution in [0.5, 0.6) is 0 Å². The summed E-state index contributed by atoms with van der Waals surface area (Å²) in [7, 11) is -0.767. The van der Waals surface area contributed by atoms with Crippen molar-refractivity contribution in [1.29, 1.82) is 0 Å². The van der Waals surface area contributed by atoms with Crippen LogP contribution in [0.2, 0.25) is 5.02 Å². The Hall–Kier alpha value is -1.07. The zero-order chi connectivity index (χ0) is 12.4. The molecule has 0 bridgehead atoms. The minimum atomic E-state index is -0.767. The van der Waals surface area contributed by atoms with Crippen molar-refractivity contribution in [2.45, 2.75) is 13.0 Å². The first-order chi connectivity index (χ1) is 8.08. The molecule has 2 rings (SSSR count). The van der Waals surface area contributed by atoms with Crippen molar-refractivity contribution in [3.8, 4) is 0 Å². The maximum Gasteiger partial charge on any atom is 0.201 e. The fourth-order valence-electron chi connectivity index (χ4n) is 1.78. The first kappa shape index (κ1) is 12.4. The second kappa shape index (κ2) is 5.06. The summed E-state index contributed by atoms with van der Waals surface area (Å²) in [6.07, 6.45) is 2.52. The molecule has 1 aromatic carbocycles. The van der Waals surface area contributed by atoms with Crippen LogP contribution in [0.25, 0.3) is 11.0 Å². The molecule has 0 fully saturated rings. The fourth-order valence-corrected chi connectivity index (χ4v) is 2.48. The Bertz CT molecular complexity index is 567. The van der Waals surface area contributed by atoms with E-state index in [9.17, 15) is 4.21 Å². The van der Waals surface area contributed by atoms with Gasteiger partial charge >= 0.3 is 0 Å². The summed E-state index contributed by atoms with van der Waals surface area (Å²) in [5, 5.41) is 0.650. The van der Waals surface area contributed by atoms with Crippen molar-refractivity contribution in [1.82, 2.24) is 9.55 Å². The molecule has 2 N–H and O–H groups in total. The van der Waals surface area contributed by atoms with E-state index in [0.717, 1.165) is 24.0 Å². The molecule has 1 unspecified atom stereocenters. The highest BCUT2D eigenvalue weighted by atomic mass is 35.5. The number of anilines is 1. The minimum absolute atomic E-state index is 0.476. The molecule has 1 atom stereocenters. The molecule has 0 saturated carbocycles. The van der Waals surface area contributed by atoms with Gasteiger partial charge in [-0.25, -0.2) is 4.98 Å². The van der Waals surface area contributed by atoms with Gasteiger partial charge in [0.15, 0.2) is 0 Å². The molecule has 0 aliphatic carbocycles. The van der Waals surface area contributed by atoms with Crippen LogP contribution in [0.4, 0.5) is 5.95 Å². The van der Waals surface area contributed by atoms with Gasteiger partial charge in [-0.2, -0.15) is 0 Å². The molecule has 0 saturated heterocycles. The van der Waals surface area contributed by atoms with E-state index < -0.39 is 10.8 Å². The number of fused-ring (bicyclic) bond motifs is 1. The van der Waals surface area contributed by atoms with Crippen LogP contribution in [0.3, 0.4) is 0 Å². The van der Waals surface area contributed by atoms with Crippen LogP contribution >= 0.6 is 11.6 Å². The number of nitrogens with two attached hydrogens (primary N) is 1. The van der Waals surface area contributed by atoms with Gasteiger partial charge in [0, 0.05) is 34.4 Å². The van der Waals surface area contributed by atoms with E-state index in [1.165, 1.54) is 0 Å². The Kier molecular flexibility index (Phi) is 3.69. The standard InChI is InChI=1S/C11H14ClN3OS/c1-17(16)6-2-5-15-10-4-3-8(12)7-9(10)14-11(15)13/h3-4,7H,2,5-6H2,1H3,(H2,13,14). The van der Waals surface area contributed by atoms with Crippen molar-refractivity contribution < 1.29 is 4.21 Å². The summed E-state index contributed by atoms with van der Waals surface area (Å²) < 4.78 is 12.9. The van der Waals surface area contributed by atoms with Gasteiger partial charge in [-0.05, 0) is 24.6 Å². The SMILES string of the molecule is CS(=O)CCCn1c(N)nc2cc(Cl)ccc21. The largest absolute Gasteiger partial charge is 0.369 e. The molecule has 1 heterocycles. The minimum Gasteiger partial charge on any atom is -0.369 e. The number of rotatable bonds is 4. The Labute approximate surface area is 107 Å². The Morgan fingerprint density at radius 1 is 1.53 bits per heavy atom. The highest BCUT2D eigenvalue weighted by Crippen LogP contribution is 2.21. The Morgan fingerprint density at radius 2 is 2.29 bits per heavy atom. The predicted molar refractivity (Wildman–Crippen MR) is 72.7 cm³/mol. The van der Waals surface area contributed by atoms with Crippen LogP contribution in [-0.4, -0.2) is 25.8 Å². The molecule has 0 radical (unpaired) electrons. The number of benzene rings is 1. The number of imidazole rings is 1. The third kappa shape index (κ3) is 2.79. The number of nitrogens with zero attached hydrogens (tertiary/aromatic N) is 2. The van der Waals surface area contributed by atoms with Gasteiger partial charge in [0.2, 0.25) is 5.95 Å². The van der Waals surface area contributed by atoms with Gasteiger partial charge in [0.1, 0.15) is 0 Å². The van der Waals surface area contributed by atoms with Crippen molar-refractivity contribution in [2.75, 3.05) is 17.7 Å². The van der Waals surface area contributed by atoms with E-state index in [4.69, 9.17) is 17.3 Å². The fraction of sp³-hybridized carbons (Fsp3) is 0.364. The summed E-state index contributed by atoms with van der Waals surface area (Å²) in [5.74, 6) is 1.15. The molecular formula is C11H14ClN3OS. The van der Waals surface area contributed by atoms with Crippen LogP contribution in [-0.2, 0) is 17.3 Å². The van der Waals surface area contributed by atoms with Gasteiger partial charge < -0.3 is 10.3 Å². The van der Waals surface area contributed by atoms with Crippen LogP contribution in [0.1, 0.15) is 6.42 Å². The van der Waals surface area contributed by atoms with E-state index in [1.807, 2.05) is 16.7 Å². The third-order valence-electron chi connectivity index (χ3n) is 2.55. The lowest BCUT2D eigenvalue weighted by Crippen LogP contribution is -2.06. The summed E-state index contributed by atoms with van der Waals surface area (Å²) >= 11 is 5.90. The van der Waals surface area contributed by atoms with Gasteiger partial charge in [0.25, 0.3) is 0 Å². The lowest BCUT2D eigenvalue weighted by atomic mass is 10.3. The Morgan fingerprint density at radius 3 is 3.00 bits per heavy atom. The number of aromatic nitrogens is 2. The zero-order valence-electron chi connectivity index (χ0n) is 9.52. The smallest absolute Gasteiger partial charge is 0.201 e. The summed E-state index contributed by atoms with van der Waals surface area (Å²) in [5.41, 5.74) is 7.62. The molecular weight excluding hydrogens is 258 g/mol. The number of nitrogen functional groups attached to an aromatic ring is 1. The maximum absolute atomic E-state index is 11.0. The normalized spacial score (nSPS) is 13.1. The van der Waals surface area contributed by atoms with Gasteiger partial charge in [-0.3, -0.25) is 4.21 Å². The zero-order valence-corrected chi connectivity index (χ0v) is 11.1. The van der Waals surface area contributed by atoms with E-state index in [0.29, 0.717) is 16.7 Å². The third-order valence-corrected chi connectivity index (χ3v) is 3.65. The number of aryl methyl sites for hydroxylation is 1. The summed E-state index contributed by atoms with van der Waals surface area (Å²) in [4.78, 5) is 4.25. The number of halogens is 1. The highest BCUT2D eigenvalue weighted by Gasteiger charge is 2.08. The lowest BCUT2D eigenvalue weighted by molar-refractivity contribution is 0.671. The summed E-state index contributed by atoms with van der Waals surface area (Å²) in [6.45, 7) is 0.726. The molecule has 0 amide bonds. The maximum atomic E-state index is 11.0. The van der Waals surface area contributed by atoms with Crippen molar-refractivity contribution >= 4 is 39.4 Å². The lowest BCUT2D eigenvalue weighted by Gasteiger charge is -2.05. The quantitative estimate of drug-likeness (QED) is 0.926. The molecule has 1 aromatic heterocycles. The van der Waals surface area contributed by atoms with Crippen molar-refractivity contribution in [2.24, 2.45) is 0 Å². The topological polar surface area (TPSA) is 60.9 Å². The number of hydrogen-bond acceptors (Lipinski definition) is 3. The first-order valence-corrected chi connectivity index (χ1v) is 7.40. The predicted octanol–water partition coefficient (Wildman–Crippen LogP) is 2.04. The molecule has 0 aliphatic rings. The van der Waals surface area contributed by atoms with E-state index in [1.54, 1.807) is 12.3 Å². The number of hydrogen-bond donors (Lipinski definition) is 1. The van der Waals surface area contributed by atoms with Crippen LogP contribution < -0.4 is 5.73 Å². The average molecular weight is 272 g/mol. The van der Waals surface area contributed by atoms with Crippen LogP contribution in [0.15, 0.2) is 18.2 Å². The van der Waals surface area contributed by atoms with E-state index in [2.05, 4.69) is 4.98 Å². The molecule has 4 nitrogen and oxygen atoms in total. The molecule has 0 aliphatic heterocycles. The molecule has 6 heteroatoms. The monoisotopic (exact) mass is 271 g/mol. The molecule has 0 spiro atoms. The van der Waals surface area contributed by atoms with Gasteiger partial charge in [0.05, 0.1) is 11.0 Å². The second-order valence-corrected chi connectivity index (χ2v) is 5.88. The Balaban J connectivity index is 2.27. The molecule has 17 heavy (non-hydrogen) atoms. The van der Waals surface area contributed by atoms with Crippen molar-refractivity contribution in [3.05, 3.63) is 23.2 Å². The highest BCUT2D eigenvalue weighted by molar-refractivity contribution is 7.84. The average Bonchev–Trinajstić information content (AvgIpc) is 2.54. The van der Waals surface area contributed by atoms with Crippen LogP contribution in [0, 0.1) is 0 Å². The molecule has 2 aromatic rings. The van der Waals surface area contributed by atoms with Gasteiger partial charge in [-0.15, -0.1) is 0 Å². The second-order valence-electron chi connectivity index (χ2n) is 3.89. The van der Waals surface area contributed by atoms with Gasteiger partial charge in [-0.1, -0.05) is 11.6 Å².